The number of benzene rings is 1. The molecule has 0 spiro atoms. The second-order valence-corrected chi connectivity index (χ2v) is 6.93. The fourth-order valence-electron chi connectivity index (χ4n) is 2.54. The summed E-state index contributed by atoms with van der Waals surface area (Å²) >= 11 is 1.77. The number of nitrogen functional groups attached to an aromatic ring is 1. The molecule has 0 saturated heterocycles. The van der Waals surface area contributed by atoms with Crippen LogP contribution in [0.2, 0.25) is 0 Å². The fourth-order valence-corrected chi connectivity index (χ4v) is 3.62. The van der Waals surface area contributed by atoms with Crippen LogP contribution < -0.4 is 5.73 Å². The number of hydrogen-bond acceptors (Lipinski definition) is 4. The van der Waals surface area contributed by atoms with Gasteiger partial charge >= 0.3 is 0 Å². The predicted octanol–water partition coefficient (Wildman–Crippen LogP) is 3.86. The summed E-state index contributed by atoms with van der Waals surface area (Å²) in [6, 6.07) is 11.9. The summed E-state index contributed by atoms with van der Waals surface area (Å²) in [6.07, 6.45) is 4.97. The van der Waals surface area contributed by atoms with E-state index in [1.54, 1.807) is 40.7 Å². The number of rotatable bonds is 4. The van der Waals surface area contributed by atoms with Crippen molar-refractivity contribution in [2.45, 2.75) is 13.5 Å². The molecule has 2 aromatic heterocycles. The third-order valence-corrected chi connectivity index (χ3v) is 5.03. The van der Waals surface area contributed by atoms with Crippen LogP contribution in [0.4, 0.5) is 5.82 Å². The van der Waals surface area contributed by atoms with Crippen molar-refractivity contribution < 1.29 is 4.79 Å². The number of carbonyl (C=O) groups excluding carboxylic acids is 1. The van der Waals surface area contributed by atoms with E-state index in [-0.39, 0.29) is 5.91 Å². The molecule has 1 aromatic carbocycles. The SMILES string of the molecule is Cc1sc2ccccc2c1CN(C)C(=O)/C=C/c1ccc(N)nc1. The highest BCUT2D eigenvalue weighted by molar-refractivity contribution is 7.19. The van der Waals surface area contributed by atoms with Crippen LogP contribution in [0, 0.1) is 6.92 Å². The zero-order chi connectivity index (χ0) is 17.1. The molecule has 0 radical (unpaired) electrons. The summed E-state index contributed by atoms with van der Waals surface area (Å²) in [5.41, 5.74) is 7.62. The van der Waals surface area contributed by atoms with Crippen LogP contribution in [0.1, 0.15) is 16.0 Å². The normalized spacial score (nSPS) is 11.2. The molecule has 0 unspecified atom stereocenters. The summed E-state index contributed by atoms with van der Waals surface area (Å²) in [5.74, 6) is 0.428. The molecule has 3 aromatic rings. The van der Waals surface area contributed by atoms with E-state index in [0.717, 1.165) is 5.56 Å². The van der Waals surface area contributed by atoms with E-state index in [2.05, 4.69) is 24.0 Å². The Hall–Kier alpha value is -2.66. The first-order chi connectivity index (χ1) is 11.5. The van der Waals surface area contributed by atoms with Gasteiger partial charge in [-0.2, -0.15) is 0 Å². The van der Waals surface area contributed by atoms with Crippen molar-refractivity contribution in [3.8, 4) is 0 Å². The summed E-state index contributed by atoms with van der Waals surface area (Å²) < 4.78 is 1.26. The van der Waals surface area contributed by atoms with Crippen LogP contribution in [-0.2, 0) is 11.3 Å². The summed E-state index contributed by atoms with van der Waals surface area (Å²) in [5, 5.41) is 1.23. The lowest BCUT2D eigenvalue weighted by atomic mass is 10.1. The monoisotopic (exact) mass is 337 g/mol. The first-order valence-electron chi connectivity index (χ1n) is 7.66. The Morgan fingerprint density at radius 2 is 2.08 bits per heavy atom. The van der Waals surface area contributed by atoms with Crippen LogP contribution in [0.25, 0.3) is 16.2 Å². The molecular weight excluding hydrogens is 318 g/mol. The second kappa shape index (κ2) is 6.84. The number of thiophene rings is 1. The number of likely N-dealkylation sites (N-methyl/N-ethyl adjacent to an activating group) is 1. The topological polar surface area (TPSA) is 59.2 Å². The lowest BCUT2D eigenvalue weighted by Gasteiger charge is -2.15. The van der Waals surface area contributed by atoms with Gasteiger partial charge in [0.1, 0.15) is 5.82 Å². The van der Waals surface area contributed by atoms with E-state index >= 15 is 0 Å². The molecule has 122 valence electrons. The minimum atomic E-state index is -0.0403. The lowest BCUT2D eigenvalue weighted by molar-refractivity contribution is -0.125. The Kier molecular flexibility index (Phi) is 4.62. The van der Waals surface area contributed by atoms with E-state index in [0.29, 0.717) is 12.4 Å². The van der Waals surface area contributed by atoms with Gasteiger partial charge in [0.05, 0.1) is 0 Å². The van der Waals surface area contributed by atoms with Gasteiger partial charge in [-0.25, -0.2) is 4.98 Å². The number of anilines is 1. The van der Waals surface area contributed by atoms with Gasteiger partial charge < -0.3 is 10.6 Å². The Labute approximate surface area is 145 Å². The molecule has 0 aliphatic carbocycles. The molecule has 0 fully saturated rings. The zero-order valence-corrected chi connectivity index (χ0v) is 14.5. The molecule has 4 nitrogen and oxygen atoms in total. The van der Waals surface area contributed by atoms with Crippen molar-refractivity contribution in [3.63, 3.8) is 0 Å². The molecule has 1 amide bonds. The van der Waals surface area contributed by atoms with Crippen molar-refractivity contribution in [1.82, 2.24) is 9.88 Å². The minimum absolute atomic E-state index is 0.0403. The van der Waals surface area contributed by atoms with Crippen LogP contribution >= 0.6 is 11.3 Å². The van der Waals surface area contributed by atoms with Gasteiger partial charge in [-0.1, -0.05) is 18.2 Å². The maximum Gasteiger partial charge on any atom is 0.246 e. The number of fused-ring (bicyclic) bond motifs is 1. The molecule has 0 saturated carbocycles. The fraction of sp³-hybridized carbons (Fsp3) is 0.158. The third-order valence-electron chi connectivity index (χ3n) is 3.90. The predicted molar refractivity (Wildman–Crippen MR) is 101 cm³/mol. The van der Waals surface area contributed by atoms with E-state index in [9.17, 15) is 4.79 Å². The molecule has 2 heterocycles. The minimum Gasteiger partial charge on any atom is -0.384 e. The van der Waals surface area contributed by atoms with Crippen LogP contribution in [0.15, 0.2) is 48.7 Å². The number of aromatic nitrogens is 1. The molecule has 0 aliphatic rings. The Bertz CT molecular complexity index is 897. The van der Waals surface area contributed by atoms with Gasteiger partial charge in [-0.15, -0.1) is 11.3 Å². The van der Waals surface area contributed by atoms with Crippen molar-refractivity contribution in [2.75, 3.05) is 12.8 Å². The number of carbonyl (C=O) groups is 1. The first kappa shape index (κ1) is 16.2. The molecule has 24 heavy (non-hydrogen) atoms. The van der Waals surface area contributed by atoms with E-state index < -0.39 is 0 Å². The zero-order valence-electron chi connectivity index (χ0n) is 13.7. The maximum absolute atomic E-state index is 12.4. The van der Waals surface area contributed by atoms with Crippen molar-refractivity contribution >= 4 is 39.2 Å². The van der Waals surface area contributed by atoms with Crippen molar-refractivity contribution in [1.29, 1.82) is 0 Å². The standard InChI is InChI=1S/C19H19N3OS/c1-13-16(15-5-3-4-6-17(15)24-13)12-22(2)19(23)10-8-14-7-9-18(20)21-11-14/h3-11H,12H2,1-2H3,(H2,20,21)/b10-8+. The smallest absolute Gasteiger partial charge is 0.246 e. The summed E-state index contributed by atoms with van der Waals surface area (Å²) in [7, 11) is 1.82. The highest BCUT2D eigenvalue weighted by Crippen LogP contribution is 2.31. The molecule has 2 N–H and O–H groups in total. The molecule has 0 atom stereocenters. The van der Waals surface area contributed by atoms with Crippen LogP contribution in [0.3, 0.4) is 0 Å². The highest BCUT2D eigenvalue weighted by Gasteiger charge is 2.13. The Balaban J connectivity index is 1.74. The molecular formula is C19H19N3OS. The van der Waals surface area contributed by atoms with E-state index in [1.807, 2.05) is 25.2 Å². The molecule has 5 heteroatoms. The quantitative estimate of drug-likeness (QED) is 0.736. The van der Waals surface area contributed by atoms with Crippen molar-refractivity contribution in [2.24, 2.45) is 0 Å². The van der Waals surface area contributed by atoms with Gasteiger partial charge in [0.15, 0.2) is 0 Å². The van der Waals surface area contributed by atoms with E-state index in [1.165, 1.54) is 20.5 Å². The maximum atomic E-state index is 12.4. The number of nitrogens with zero attached hydrogens (tertiary/aromatic N) is 2. The van der Waals surface area contributed by atoms with E-state index in [4.69, 9.17) is 5.73 Å². The molecule has 0 aliphatic heterocycles. The average molecular weight is 337 g/mol. The highest BCUT2D eigenvalue weighted by atomic mass is 32.1. The average Bonchev–Trinajstić information content (AvgIpc) is 2.90. The lowest BCUT2D eigenvalue weighted by Crippen LogP contribution is -2.24. The largest absolute Gasteiger partial charge is 0.384 e. The van der Waals surface area contributed by atoms with Gasteiger partial charge in [0.25, 0.3) is 0 Å². The van der Waals surface area contributed by atoms with Crippen LogP contribution in [-0.4, -0.2) is 22.8 Å². The Morgan fingerprint density at radius 1 is 1.29 bits per heavy atom. The molecule has 0 bridgehead atoms. The van der Waals surface area contributed by atoms with Gasteiger partial charge in [0, 0.05) is 35.4 Å². The van der Waals surface area contributed by atoms with Crippen LogP contribution in [0.5, 0.6) is 0 Å². The molecule has 3 rings (SSSR count). The van der Waals surface area contributed by atoms with Gasteiger partial charge in [-0.3, -0.25) is 4.79 Å². The number of nitrogens with two attached hydrogens (primary N) is 1. The summed E-state index contributed by atoms with van der Waals surface area (Å²) in [4.78, 5) is 19.3. The number of aryl methyl sites for hydroxylation is 1. The Morgan fingerprint density at radius 3 is 2.83 bits per heavy atom. The number of amides is 1. The van der Waals surface area contributed by atoms with Gasteiger partial charge in [-0.05, 0) is 47.7 Å². The number of pyridine rings is 1. The summed E-state index contributed by atoms with van der Waals surface area (Å²) in [6.45, 7) is 2.70. The second-order valence-electron chi connectivity index (χ2n) is 5.68. The third kappa shape index (κ3) is 3.46. The number of hydrogen-bond donors (Lipinski definition) is 1. The first-order valence-corrected chi connectivity index (χ1v) is 8.48. The van der Waals surface area contributed by atoms with Gasteiger partial charge in [0.2, 0.25) is 5.91 Å². The van der Waals surface area contributed by atoms with Crippen molar-refractivity contribution in [3.05, 3.63) is 64.7 Å².